The van der Waals surface area contributed by atoms with Crippen LogP contribution in [-0.2, 0) is 4.74 Å². The molecule has 0 radical (unpaired) electrons. The van der Waals surface area contributed by atoms with Gasteiger partial charge in [-0.15, -0.1) is 35.3 Å². The predicted molar refractivity (Wildman–Crippen MR) is 78.7 cm³/mol. The Bertz CT molecular complexity index is 272. The van der Waals surface area contributed by atoms with Crippen molar-refractivity contribution in [1.29, 1.82) is 0 Å². The number of nitrogens with two attached hydrogens (primary N) is 2. The van der Waals surface area contributed by atoms with Crippen LogP contribution in [0.5, 0.6) is 0 Å². The minimum atomic E-state index is 0.0643. The first-order valence-corrected chi connectivity index (χ1v) is 8.75. The summed E-state index contributed by atoms with van der Waals surface area (Å²) in [6.07, 6.45) is 2.72. The van der Waals surface area contributed by atoms with Crippen LogP contribution in [0, 0.1) is 0 Å². The fourth-order valence-electron chi connectivity index (χ4n) is 1.82. The highest BCUT2D eigenvalue weighted by molar-refractivity contribution is 8.17. The monoisotopic (exact) mass is 293 g/mol. The van der Waals surface area contributed by atoms with Gasteiger partial charge in [0.2, 0.25) is 0 Å². The molecular weight excluding hydrogens is 274 g/mol. The van der Waals surface area contributed by atoms with Gasteiger partial charge in [0.15, 0.2) is 0 Å². The Kier molecular flexibility index (Phi) is 5.85. The van der Waals surface area contributed by atoms with Crippen LogP contribution in [0.1, 0.15) is 12.8 Å². The van der Waals surface area contributed by atoms with E-state index in [9.17, 15) is 0 Å². The van der Waals surface area contributed by atoms with Crippen molar-refractivity contribution in [3.63, 3.8) is 0 Å². The summed E-state index contributed by atoms with van der Waals surface area (Å²) in [5.41, 5.74) is 12.6. The number of rotatable bonds is 6. The fourth-order valence-corrected chi connectivity index (χ4v) is 4.52. The van der Waals surface area contributed by atoms with E-state index in [-0.39, 0.29) is 4.71 Å². The minimum Gasteiger partial charge on any atom is -0.375 e. The van der Waals surface area contributed by atoms with Gasteiger partial charge in [-0.3, -0.25) is 0 Å². The lowest BCUT2D eigenvalue weighted by Crippen LogP contribution is -2.33. The van der Waals surface area contributed by atoms with E-state index in [0.29, 0.717) is 17.4 Å². The molecule has 0 aliphatic carbocycles. The van der Waals surface area contributed by atoms with Crippen LogP contribution < -0.4 is 16.8 Å². The van der Waals surface area contributed by atoms with Crippen LogP contribution in [0.25, 0.3) is 0 Å². The summed E-state index contributed by atoms with van der Waals surface area (Å²) in [7, 11) is 0. The van der Waals surface area contributed by atoms with Crippen molar-refractivity contribution >= 4 is 35.3 Å². The van der Waals surface area contributed by atoms with Gasteiger partial charge in [-0.25, -0.2) is 0 Å². The zero-order valence-electron chi connectivity index (χ0n) is 9.63. The zero-order valence-corrected chi connectivity index (χ0v) is 12.1. The van der Waals surface area contributed by atoms with Crippen molar-refractivity contribution in [2.24, 2.45) is 11.5 Å². The highest BCUT2D eigenvalue weighted by atomic mass is 32.2. The Balaban J connectivity index is 1.66. The molecule has 2 heterocycles. The van der Waals surface area contributed by atoms with E-state index >= 15 is 0 Å². The molecule has 5 N–H and O–H groups in total. The van der Waals surface area contributed by atoms with Crippen molar-refractivity contribution in [3.8, 4) is 0 Å². The van der Waals surface area contributed by atoms with Gasteiger partial charge >= 0.3 is 0 Å². The lowest BCUT2D eigenvalue weighted by molar-refractivity contribution is 0.105. The van der Waals surface area contributed by atoms with Crippen LogP contribution in [0.15, 0.2) is 11.1 Å². The van der Waals surface area contributed by atoms with Crippen LogP contribution in [-0.4, -0.2) is 34.4 Å². The molecule has 7 heteroatoms. The lowest BCUT2D eigenvalue weighted by atomic mass is 10.2. The Morgan fingerprint density at radius 3 is 3.18 bits per heavy atom. The summed E-state index contributed by atoms with van der Waals surface area (Å²) in [5.74, 6) is 1.50. The fraction of sp³-hybridized carbons (Fsp3) is 0.800. The molecule has 3 unspecified atom stereocenters. The van der Waals surface area contributed by atoms with E-state index < -0.39 is 0 Å². The van der Waals surface area contributed by atoms with Crippen LogP contribution >= 0.6 is 35.3 Å². The molecule has 0 aromatic rings. The maximum Gasteiger partial charge on any atom is 0.103 e. The average Bonchev–Trinajstić information content (AvgIpc) is 2.97. The normalized spacial score (nSPS) is 30.1. The van der Waals surface area contributed by atoms with Crippen molar-refractivity contribution < 1.29 is 4.74 Å². The van der Waals surface area contributed by atoms with E-state index in [1.165, 1.54) is 18.5 Å². The second-order valence-corrected chi connectivity index (χ2v) is 7.53. The topological polar surface area (TPSA) is 73.3 Å². The minimum absolute atomic E-state index is 0.0643. The van der Waals surface area contributed by atoms with E-state index in [1.807, 2.05) is 11.8 Å². The van der Waals surface area contributed by atoms with Crippen LogP contribution in [0.4, 0.5) is 0 Å². The first kappa shape index (κ1) is 13.9. The molecule has 1 fully saturated rings. The third-order valence-electron chi connectivity index (χ3n) is 2.65. The SMILES string of the molecule is NCSC(N)SCC1=CSC(C2CCCO2)N1. The molecule has 3 atom stereocenters. The zero-order chi connectivity index (χ0) is 12.1. The van der Waals surface area contributed by atoms with Gasteiger partial charge in [0.1, 0.15) is 5.37 Å². The maximum atomic E-state index is 5.88. The molecule has 0 aromatic carbocycles. The standard InChI is InChI=1S/C10H19N3OS3/c11-6-17-10(12)16-5-7-4-15-9(13-7)8-2-1-3-14-8/h4,8-10,13H,1-3,5-6,11-12H2. The van der Waals surface area contributed by atoms with Gasteiger partial charge in [0.05, 0.1) is 10.8 Å². The Labute approximate surface area is 115 Å². The van der Waals surface area contributed by atoms with Gasteiger partial charge in [-0.1, -0.05) is 0 Å². The molecule has 98 valence electrons. The summed E-state index contributed by atoms with van der Waals surface area (Å²) < 4.78 is 5.74. The maximum absolute atomic E-state index is 5.88. The molecule has 0 amide bonds. The molecule has 2 rings (SSSR count). The van der Waals surface area contributed by atoms with E-state index in [1.54, 1.807) is 23.5 Å². The van der Waals surface area contributed by atoms with Gasteiger partial charge in [-0.05, 0) is 18.2 Å². The number of ether oxygens (including phenoxy) is 1. The van der Waals surface area contributed by atoms with Gasteiger partial charge in [0, 0.05) is 23.9 Å². The van der Waals surface area contributed by atoms with Gasteiger partial charge in [0.25, 0.3) is 0 Å². The molecule has 2 aliphatic heterocycles. The average molecular weight is 293 g/mol. The third kappa shape index (κ3) is 4.25. The molecule has 2 aliphatic rings. The van der Waals surface area contributed by atoms with Gasteiger partial charge < -0.3 is 21.5 Å². The second-order valence-electron chi connectivity index (χ2n) is 3.91. The van der Waals surface area contributed by atoms with Crippen molar-refractivity contribution in [2.45, 2.75) is 29.0 Å². The Morgan fingerprint density at radius 2 is 2.47 bits per heavy atom. The molecule has 1 saturated heterocycles. The molecule has 17 heavy (non-hydrogen) atoms. The molecule has 0 aromatic heterocycles. The number of hydrogen-bond acceptors (Lipinski definition) is 7. The molecule has 0 spiro atoms. The lowest BCUT2D eigenvalue weighted by Gasteiger charge is -2.19. The quantitative estimate of drug-likeness (QED) is 0.637. The van der Waals surface area contributed by atoms with Crippen molar-refractivity contribution in [2.75, 3.05) is 18.2 Å². The van der Waals surface area contributed by atoms with Crippen LogP contribution in [0.3, 0.4) is 0 Å². The first-order chi connectivity index (χ1) is 8.29. The Morgan fingerprint density at radius 1 is 1.59 bits per heavy atom. The Hall–Kier alpha value is 0.470. The van der Waals surface area contributed by atoms with Gasteiger partial charge in [-0.2, -0.15) is 0 Å². The smallest absolute Gasteiger partial charge is 0.103 e. The molecular formula is C10H19N3OS3. The van der Waals surface area contributed by atoms with Crippen molar-refractivity contribution in [1.82, 2.24) is 5.32 Å². The highest BCUT2D eigenvalue weighted by Gasteiger charge is 2.29. The molecule has 4 nitrogen and oxygen atoms in total. The first-order valence-electron chi connectivity index (χ1n) is 5.71. The van der Waals surface area contributed by atoms with Crippen LogP contribution in [0.2, 0.25) is 0 Å². The summed E-state index contributed by atoms with van der Waals surface area (Å²) in [6, 6.07) is 0. The number of thioether (sulfide) groups is 3. The van der Waals surface area contributed by atoms with Crippen molar-refractivity contribution in [3.05, 3.63) is 11.1 Å². The predicted octanol–water partition coefficient (Wildman–Crippen LogP) is 1.29. The second kappa shape index (κ2) is 7.16. The van der Waals surface area contributed by atoms with E-state index in [0.717, 1.165) is 12.4 Å². The highest BCUT2D eigenvalue weighted by Crippen LogP contribution is 2.31. The number of hydrogen-bond donors (Lipinski definition) is 3. The number of nitrogens with one attached hydrogen (secondary N) is 1. The summed E-state index contributed by atoms with van der Waals surface area (Å²) in [5, 5.41) is 6.10. The third-order valence-corrected chi connectivity index (χ3v) is 5.93. The van der Waals surface area contributed by atoms with E-state index in [4.69, 9.17) is 16.2 Å². The molecule has 0 bridgehead atoms. The summed E-state index contributed by atoms with van der Waals surface area (Å²) in [4.78, 5) is 0. The molecule has 0 saturated carbocycles. The largest absolute Gasteiger partial charge is 0.375 e. The summed E-state index contributed by atoms with van der Waals surface area (Å²) in [6.45, 7) is 0.908. The van der Waals surface area contributed by atoms with E-state index in [2.05, 4.69) is 10.7 Å². The summed E-state index contributed by atoms with van der Waals surface area (Å²) >= 11 is 5.12.